The summed E-state index contributed by atoms with van der Waals surface area (Å²) in [5.74, 6) is 0.986. The number of ether oxygens (including phenoxy) is 2. The predicted octanol–water partition coefficient (Wildman–Crippen LogP) is 1.06. The minimum absolute atomic E-state index is 0.240. The molecule has 0 aliphatic carbocycles. The molecule has 2 saturated heterocycles. The summed E-state index contributed by atoms with van der Waals surface area (Å²) >= 11 is 0. The molecule has 1 spiro atoms. The van der Waals surface area contributed by atoms with Gasteiger partial charge in [0.05, 0.1) is 32.1 Å². The van der Waals surface area contributed by atoms with Crippen molar-refractivity contribution in [1.82, 2.24) is 5.32 Å². The van der Waals surface area contributed by atoms with Gasteiger partial charge in [0, 0.05) is 0 Å². The van der Waals surface area contributed by atoms with Gasteiger partial charge in [0.25, 0.3) is 0 Å². The molecule has 0 bridgehead atoms. The van der Waals surface area contributed by atoms with E-state index >= 15 is 0 Å². The molecule has 1 aromatic heterocycles. The maximum Gasteiger partial charge on any atom is 0.166 e. The van der Waals surface area contributed by atoms with Gasteiger partial charge < -0.3 is 13.9 Å². The molecule has 0 saturated carbocycles. The first-order chi connectivity index (χ1) is 6.88. The van der Waals surface area contributed by atoms with E-state index < -0.39 is 0 Å². The molecule has 2 fully saturated rings. The minimum atomic E-state index is -0.240. The Bertz CT molecular complexity index is 305. The molecule has 1 N–H and O–H groups in total. The summed E-state index contributed by atoms with van der Waals surface area (Å²) in [6, 6.07) is 4.18. The van der Waals surface area contributed by atoms with E-state index in [9.17, 15) is 0 Å². The van der Waals surface area contributed by atoms with Crippen molar-refractivity contribution < 1.29 is 13.9 Å². The van der Waals surface area contributed by atoms with E-state index in [2.05, 4.69) is 5.32 Å². The van der Waals surface area contributed by atoms with Crippen LogP contribution in [0.15, 0.2) is 22.8 Å². The van der Waals surface area contributed by atoms with E-state index in [1.54, 1.807) is 6.26 Å². The van der Waals surface area contributed by atoms with Gasteiger partial charge in [-0.2, -0.15) is 0 Å². The van der Waals surface area contributed by atoms with Crippen LogP contribution in [0, 0.1) is 0 Å². The molecule has 0 aromatic carbocycles. The fraction of sp³-hybridized carbons (Fsp3) is 0.600. The number of nitrogens with one attached hydrogen (secondary N) is 1. The monoisotopic (exact) mass is 195 g/mol. The Morgan fingerprint density at radius 3 is 3.00 bits per heavy atom. The van der Waals surface area contributed by atoms with Crippen molar-refractivity contribution in [2.75, 3.05) is 19.8 Å². The molecule has 4 heteroatoms. The highest BCUT2D eigenvalue weighted by molar-refractivity contribution is 5.07. The fourth-order valence-corrected chi connectivity index (χ4v) is 1.96. The lowest BCUT2D eigenvalue weighted by molar-refractivity contribution is -0.248. The van der Waals surface area contributed by atoms with Crippen molar-refractivity contribution in [3.63, 3.8) is 0 Å². The molecule has 0 radical (unpaired) electrons. The molecular formula is C10H13NO3. The highest BCUT2D eigenvalue weighted by atomic mass is 16.6. The predicted molar refractivity (Wildman–Crippen MR) is 48.7 cm³/mol. The molecule has 1 atom stereocenters. The molecule has 3 heterocycles. The lowest BCUT2D eigenvalue weighted by Gasteiger charge is -2.46. The van der Waals surface area contributed by atoms with Crippen LogP contribution in [0.4, 0.5) is 0 Å². The summed E-state index contributed by atoms with van der Waals surface area (Å²) in [5.41, 5.74) is -0.240. The van der Waals surface area contributed by atoms with Crippen LogP contribution in [0.25, 0.3) is 0 Å². The van der Waals surface area contributed by atoms with E-state index in [0.29, 0.717) is 13.2 Å². The van der Waals surface area contributed by atoms with Crippen molar-refractivity contribution in [2.24, 2.45) is 0 Å². The fourth-order valence-electron chi connectivity index (χ4n) is 1.96. The van der Waals surface area contributed by atoms with E-state index in [1.165, 1.54) is 0 Å². The van der Waals surface area contributed by atoms with Crippen LogP contribution in [0.3, 0.4) is 0 Å². The molecule has 76 valence electrons. The van der Waals surface area contributed by atoms with Crippen LogP contribution in [-0.4, -0.2) is 25.5 Å². The third-order valence-corrected chi connectivity index (χ3v) is 2.78. The lowest BCUT2D eigenvalue weighted by atomic mass is 10.0. The Morgan fingerprint density at radius 2 is 2.36 bits per heavy atom. The summed E-state index contributed by atoms with van der Waals surface area (Å²) in [6.07, 6.45) is 2.66. The smallest absolute Gasteiger partial charge is 0.166 e. The van der Waals surface area contributed by atoms with Gasteiger partial charge in [0.15, 0.2) is 5.72 Å². The second-order valence-electron chi connectivity index (χ2n) is 3.84. The molecular weight excluding hydrogens is 182 g/mol. The number of hydrogen-bond acceptors (Lipinski definition) is 4. The molecule has 2 aliphatic rings. The van der Waals surface area contributed by atoms with Gasteiger partial charge in [0.1, 0.15) is 5.76 Å². The second kappa shape index (κ2) is 3.08. The standard InChI is InChI=1S/C10H13NO3/c1-2-9(13-4-1)8-3-5-14-10(11-8)6-12-7-10/h1-2,4,8,11H,3,5-7H2. The van der Waals surface area contributed by atoms with Gasteiger partial charge >= 0.3 is 0 Å². The Hall–Kier alpha value is -0.840. The van der Waals surface area contributed by atoms with Gasteiger partial charge in [0.2, 0.25) is 0 Å². The highest BCUT2D eigenvalue weighted by Gasteiger charge is 2.44. The maximum absolute atomic E-state index is 5.65. The Morgan fingerprint density at radius 1 is 1.43 bits per heavy atom. The summed E-state index contributed by atoms with van der Waals surface area (Å²) in [6.45, 7) is 2.05. The third-order valence-electron chi connectivity index (χ3n) is 2.78. The van der Waals surface area contributed by atoms with Crippen LogP contribution in [0.1, 0.15) is 18.2 Å². The van der Waals surface area contributed by atoms with Crippen molar-refractivity contribution >= 4 is 0 Å². The summed E-state index contributed by atoms with van der Waals surface area (Å²) in [5, 5.41) is 3.43. The first-order valence-electron chi connectivity index (χ1n) is 4.91. The summed E-state index contributed by atoms with van der Waals surface area (Å²) in [7, 11) is 0. The van der Waals surface area contributed by atoms with Gasteiger partial charge in [-0.15, -0.1) is 0 Å². The van der Waals surface area contributed by atoms with E-state index in [0.717, 1.165) is 18.8 Å². The highest BCUT2D eigenvalue weighted by Crippen LogP contribution is 2.30. The van der Waals surface area contributed by atoms with E-state index in [1.807, 2.05) is 12.1 Å². The molecule has 3 rings (SSSR count). The summed E-state index contributed by atoms with van der Waals surface area (Å²) < 4.78 is 16.2. The van der Waals surface area contributed by atoms with Crippen molar-refractivity contribution in [3.05, 3.63) is 24.2 Å². The third kappa shape index (κ3) is 1.27. The number of hydrogen-bond donors (Lipinski definition) is 1. The minimum Gasteiger partial charge on any atom is -0.468 e. The van der Waals surface area contributed by atoms with Crippen LogP contribution in [-0.2, 0) is 9.47 Å². The molecule has 1 unspecified atom stereocenters. The van der Waals surface area contributed by atoms with Gasteiger partial charge in [-0.05, 0) is 18.6 Å². The molecule has 2 aliphatic heterocycles. The largest absolute Gasteiger partial charge is 0.468 e. The topological polar surface area (TPSA) is 43.6 Å². The zero-order chi connectivity index (χ0) is 9.43. The lowest BCUT2D eigenvalue weighted by Crippen LogP contribution is -2.65. The molecule has 4 nitrogen and oxygen atoms in total. The first kappa shape index (κ1) is 8.47. The van der Waals surface area contributed by atoms with Crippen LogP contribution >= 0.6 is 0 Å². The SMILES string of the molecule is c1coc(C2CCOC3(COC3)N2)c1. The molecule has 1 aromatic rings. The Balaban J connectivity index is 1.75. The Labute approximate surface area is 82.2 Å². The Kier molecular flexibility index (Phi) is 1.87. The van der Waals surface area contributed by atoms with Crippen molar-refractivity contribution in [3.8, 4) is 0 Å². The average molecular weight is 195 g/mol. The number of rotatable bonds is 1. The van der Waals surface area contributed by atoms with E-state index in [4.69, 9.17) is 13.9 Å². The van der Waals surface area contributed by atoms with Gasteiger partial charge in [-0.3, -0.25) is 5.32 Å². The van der Waals surface area contributed by atoms with Gasteiger partial charge in [-0.1, -0.05) is 0 Å². The normalized spacial score (nSPS) is 30.1. The van der Waals surface area contributed by atoms with Crippen molar-refractivity contribution in [1.29, 1.82) is 0 Å². The maximum atomic E-state index is 5.65. The van der Waals surface area contributed by atoms with Gasteiger partial charge in [-0.25, -0.2) is 0 Å². The first-order valence-corrected chi connectivity index (χ1v) is 4.91. The second-order valence-corrected chi connectivity index (χ2v) is 3.84. The zero-order valence-electron chi connectivity index (χ0n) is 7.86. The van der Waals surface area contributed by atoms with Crippen LogP contribution in [0.5, 0.6) is 0 Å². The molecule has 14 heavy (non-hydrogen) atoms. The van der Waals surface area contributed by atoms with Crippen LogP contribution in [0.2, 0.25) is 0 Å². The van der Waals surface area contributed by atoms with E-state index in [-0.39, 0.29) is 11.8 Å². The summed E-state index contributed by atoms with van der Waals surface area (Å²) in [4.78, 5) is 0. The quantitative estimate of drug-likeness (QED) is 0.727. The van der Waals surface area contributed by atoms with Crippen molar-refractivity contribution in [2.45, 2.75) is 18.2 Å². The average Bonchev–Trinajstić information content (AvgIpc) is 2.68. The zero-order valence-corrected chi connectivity index (χ0v) is 7.86. The number of furan rings is 1. The van der Waals surface area contributed by atoms with Crippen LogP contribution < -0.4 is 5.32 Å². The molecule has 0 amide bonds.